The van der Waals surface area contributed by atoms with E-state index in [2.05, 4.69) is 15.6 Å². The molecule has 116 valence electrons. The lowest BCUT2D eigenvalue weighted by Crippen LogP contribution is -2.28. The van der Waals surface area contributed by atoms with Gasteiger partial charge >= 0.3 is 6.03 Å². The predicted molar refractivity (Wildman–Crippen MR) is 87.1 cm³/mol. The summed E-state index contributed by atoms with van der Waals surface area (Å²) in [7, 11) is 0. The molecule has 0 saturated heterocycles. The molecule has 0 aliphatic rings. The quantitative estimate of drug-likeness (QED) is 0.858. The maximum atomic E-state index is 12.0. The number of carbonyl (C=O) groups excluding carboxylic acids is 1. The number of aromatic nitrogens is 1. The van der Waals surface area contributed by atoms with Crippen LogP contribution in [0.1, 0.15) is 24.5 Å². The summed E-state index contributed by atoms with van der Waals surface area (Å²) in [6.45, 7) is 5.08. The highest BCUT2D eigenvalue weighted by atomic mass is 16.5. The summed E-state index contributed by atoms with van der Waals surface area (Å²) in [5.41, 5.74) is 2.71. The highest BCUT2D eigenvalue weighted by molar-refractivity contribution is 5.90. The molecule has 0 radical (unpaired) electrons. The minimum absolute atomic E-state index is 0.269. The number of benzene rings is 1. The number of nitrogens with one attached hydrogen (secondary N) is 2. The third kappa shape index (κ3) is 4.77. The molecule has 5 nitrogen and oxygen atoms in total. The molecule has 0 atom stereocenters. The number of rotatable bonds is 6. The SMILES string of the molecule is CCCOc1cc(C)ccc1NC(=O)NCc1cccnc1. The van der Waals surface area contributed by atoms with Gasteiger partial charge in [-0.1, -0.05) is 19.1 Å². The second kappa shape index (κ2) is 8.02. The van der Waals surface area contributed by atoms with E-state index in [1.807, 2.05) is 44.2 Å². The molecule has 2 aromatic rings. The predicted octanol–water partition coefficient (Wildman–Crippen LogP) is 3.50. The molecule has 1 heterocycles. The normalized spacial score (nSPS) is 10.1. The van der Waals surface area contributed by atoms with Crippen LogP contribution in [0.4, 0.5) is 10.5 Å². The number of hydrogen-bond donors (Lipinski definition) is 2. The van der Waals surface area contributed by atoms with Crippen LogP contribution in [0.25, 0.3) is 0 Å². The largest absolute Gasteiger partial charge is 0.491 e. The van der Waals surface area contributed by atoms with Crippen LogP contribution in [0.2, 0.25) is 0 Å². The highest BCUT2D eigenvalue weighted by Gasteiger charge is 2.08. The fourth-order valence-electron chi connectivity index (χ4n) is 1.92. The lowest BCUT2D eigenvalue weighted by molar-refractivity contribution is 0.251. The number of aryl methyl sites for hydroxylation is 1. The van der Waals surface area contributed by atoms with E-state index in [4.69, 9.17) is 4.74 Å². The van der Waals surface area contributed by atoms with Crippen LogP contribution in [-0.4, -0.2) is 17.6 Å². The van der Waals surface area contributed by atoms with E-state index in [9.17, 15) is 4.79 Å². The van der Waals surface area contributed by atoms with Gasteiger partial charge in [0.15, 0.2) is 0 Å². The molecular weight excluding hydrogens is 278 g/mol. The van der Waals surface area contributed by atoms with Crippen molar-refractivity contribution in [3.05, 3.63) is 53.9 Å². The highest BCUT2D eigenvalue weighted by Crippen LogP contribution is 2.25. The van der Waals surface area contributed by atoms with Crippen molar-refractivity contribution in [2.75, 3.05) is 11.9 Å². The van der Waals surface area contributed by atoms with E-state index in [1.54, 1.807) is 12.4 Å². The number of ether oxygens (including phenoxy) is 1. The van der Waals surface area contributed by atoms with Crippen LogP contribution in [0.3, 0.4) is 0 Å². The van der Waals surface area contributed by atoms with Gasteiger partial charge in [-0.05, 0) is 42.7 Å². The zero-order chi connectivity index (χ0) is 15.8. The van der Waals surface area contributed by atoms with Crippen LogP contribution in [0.5, 0.6) is 5.75 Å². The summed E-state index contributed by atoms with van der Waals surface area (Å²) < 4.78 is 5.68. The van der Waals surface area contributed by atoms with E-state index in [0.717, 1.165) is 17.5 Å². The summed E-state index contributed by atoms with van der Waals surface area (Å²) in [5.74, 6) is 0.693. The van der Waals surface area contributed by atoms with Gasteiger partial charge in [0.25, 0.3) is 0 Å². The van der Waals surface area contributed by atoms with Crippen molar-refractivity contribution in [3.63, 3.8) is 0 Å². The summed E-state index contributed by atoms with van der Waals surface area (Å²) in [5, 5.41) is 5.62. The number of amides is 2. The Labute approximate surface area is 130 Å². The van der Waals surface area contributed by atoms with Gasteiger partial charge in [-0.2, -0.15) is 0 Å². The minimum Gasteiger partial charge on any atom is -0.491 e. The molecule has 0 bridgehead atoms. The van der Waals surface area contributed by atoms with Crippen LogP contribution in [0.15, 0.2) is 42.7 Å². The average molecular weight is 299 g/mol. The first-order valence-electron chi connectivity index (χ1n) is 7.36. The van der Waals surface area contributed by atoms with E-state index < -0.39 is 0 Å². The average Bonchev–Trinajstić information content (AvgIpc) is 2.54. The van der Waals surface area contributed by atoms with E-state index in [0.29, 0.717) is 24.6 Å². The van der Waals surface area contributed by atoms with Gasteiger partial charge in [0.1, 0.15) is 5.75 Å². The first kappa shape index (κ1) is 15.8. The number of hydrogen-bond acceptors (Lipinski definition) is 3. The van der Waals surface area contributed by atoms with Gasteiger partial charge in [0.05, 0.1) is 12.3 Å². The molecule has 0 spiro atoms. The lowest BCUT2D eigenvalue weighted by atomic mass is 10.2. The standard InChI is InChI=1S/C17H21N3O2/c1-3-9-22-16-10-13(2)6-7-15(16)20-17(21)19-12-14-5-4-8-18-11-14/h4-8,10-11H,3,9,12H2,1-2H3,(H2,19,20,21). The Morgan fingerprint density at radius 1 is 1.32 bits per heavy atom. The first-order valence-corrected chi connectivity index (χ1v) is 7.36. The van der Waals surface area contributed by atoms with E-state index in [-0.39, 0.29) is 6.03 Å². The molecule has 0 aliphatic carbocycles. The van der Waals surface area contributed by atoms with Gasteiger partial charge in [-0.25, -0.2) is 4.79 Å². The molecule has 2 amide bonds. The topological polar surface area (TPSA) is 63.2 Å². The van der Waals surface area contributed by atoms with Gasteiger partial charge in [0, 0.05) is 18.9 Å². The molecule has 2 rings (SSSR count). The molecule has 0 unspecified atom stereocenters. The summed E-state index contributed by atoms with van der Waals surface area (Å²) in [6.07, 6.45) is 4.34. The zero-order valence-corrected chi connectivity index (χ0v) is 12.9. The van der Waals surface area contributed by atoms with Crippen molar-refractivity contribution < 1.29 is 9.53 Å². The Balaban J connectivity index is 1.95. The third-order valence-electron chi connectivity index (χ3n) is 3.02. The number of nitrogens with zero attached hydrogens (tertiary/aromatic N) is 1. The molecular formula is C17H21N3O2. The summed E-state index contributed by atoms with van der Waals surface area (Å²) in [6, 6.07) is 9.20. The third-order valence-corrected chi connectivity index (χ3v) is 3.02. The Morgan fingerprint density at radius 3 is 2.91 bits per heavy atom. The second-order valence-corrected chi connectivity index (χ2v) is 5.02. The molecule has 1 aromatic heterocycles. The van der Waals surface area contributed by atoms with Crippen LogP contribution >= 0.6 is 0 Å². The number of anilines is 1. The Hall–Kier alpha value is -2.56. The first-order chi connectivity index (χ1) is 10.7. The van der Waals surface area contributed by atoms with Crippen molar-refractivity contribution in [2.45, 2.75) is 26.8 Å². The van der Waals surface area contributed by atoms with E-state index >= 15 is 0 Å². The maximum absolute atomic E-state index is 12.0. The van der Waals surface area contributed by atoms with Crippen LogP contribution in [0, 0.1) is 6.92 Å². The van der Waals surface area contributed by atoms with Gasteiger partial charge in [0.2, 0.25) is 0 Å². The number of carbonyl (C=O) groups is 1. The number of urea groups is 1. The monoisotopic (exact) mass is 299 g/mol. The Kier molecular flexibility index (Phi) is 5.77. The molecule has 1 aromatic carbocycles. The van der Waals surface area contributed by atoms with Crippen molar-refractivity contribution in [1.82, 2.24) is 10.3 Å². The Bertz CT molecular complexity index is 615. The lowest BCUT2D eigenvalue weighted by Gasteiger charge is -2.13. The zero-order valence-electron chi connectivity index (χ0n) is 12.9. The van der Waals surface area contributed by atoms with Gasteiger partial charge in [-0.3, -0.25) is 4.98 Å². The molecule has 22 heavy (non-hydrogen) atoms. The Morgan fingerprint density at radius 2 is 2.18 bits per heavy atom. The van der Waals surface area contributed by atoms with Crippen molar-refractivity contribution in [2.24, 2.45) is 0 Å². The van der Waals surface area contributed by atoms with Crippen LogP contribution in [-0.2, 0) is 6.54 Å². The molecule has 0 aliphatic heterocycles. The maximum Gasteiger partial charge on any atom is 0.319 e. The number of pyridine rings is 1. The van der Waals surface area contributed by atoms with Crippen LogP contribution < -0.4 is 15.4 Å². The molecule has 5 heteroatoms. The summed E-state index contributed by atoms with van der Waals surface area (Å²) in [4.78, 5) is 16.0. The fourth-order valence-corrected chi connectivity index (χ4v) is 1.92. The molecule has 0 saturated carbocycles. The fraction of sp³-hybridized carbons (Fsp3) is 0.294. The second-order valence-electron chi connectivity index (χ2n) is 5.02. The smallest absolute Gasteiger partial charge is 0.319 e. The van der Waals surface area contributed by atoms with Gasteiger partial charge in [-0.15, -0.1) is 0 Å². The summed E-state index contributed by atoms with van der Waals surface area (Å²) >= 11 is 0. The minimum atomic E-state index is -0.269. The van der Waals surface area contributed by atoms with Crippen molar-refractivity contribution in [3.8, 4) is 5.75 Å². The molecule has 0 fully saturated rings. The molecule has 2 N–H and O–H groups in total. The van der Waals surface area contributed by atoms with Crippen molar-refractivity contribution in [1.29, 1.82) is 0 Å². The van der Waals surface area contributed by atoms with E-state index in [1.165, 1.54) is 0 Å². The van der Waals surface area contributed by atoms with Gasteiger partial charge < -0.3 is 15.4 Å². The van der Waals surface area contributed by atoms with Crippen molar-refractivity contribution >= 4 is 11.7 Å².